The molecule has 0 saturated heterocycles. The first-order chi connectivity index (χ1) is 5.63. The Hall–Kier alpha value is -1.13. The molecule has 1 aromatic rings. The second kappa shape index (κ2) is 3.51. The summed E-state index contributed by atoms with van der Waals surface area (Å²) in [6, 6.07) is 0.743. The highest BCUT2D eigenvalue weighted by Crippen LogP contribution is 2.11. The van der Waals surface area contributed by atoms with Crippen LogP contribution in [0.25, 0.3) is 0 Å². The average Bonchev–Trinajstić information content (AvgIpc) is 2.37. The van der Waals surface area contributed by atoms with Gasteiger partial charge < -0.3 is 4.90 Å². The Labute approximate surface area is 72.2 Å². The van der Waals surface area contributed by atoms with E-state index in [0.29, 0.717) is 18.0 Å². The molecule has 0 fully saturated rings. The molecule has 0 aliphatic heterocycles. The molecule has 68 valence electrons. The van der Waals surface area contributed by atoms with E-state index in [2.05, 4.69) is 53.2 Å². The Bertz CT molecular complexity index is 208. The van der Waals surface area contributed by atoms with Crippen LogP contribution < -0.4 is 10.00 Å². The van der Waals surface area contributed by atoms with Crippen molar-refractivity contribution in [3.8, 4) is 0 Å². The minimum atomic E-state index is 0.371. The number of tetrazole rings is 1. The summed E-state index contributed by atoms with van der Waals surface area (Å²) in [5, 5.41) is 14.5. The van der Waals surface area contributed by atoms with Crippen molar-refractivity contribution in [2.24, 2.45) is 0 Å². The number of hydrogen-bond acceptors (Lipinski definition) is 4. The van der Waals surface area contributed by atoms with Gasteiger partial charge in [-0.15, -0.1) is 5.21 Å². The van der Waals surface area contributed by atoms with Crippen LogP contribution in [0.3, 0.4) is 0 Å². The van der Waals surface area contributed by atoms with Gasteiger partial charge in [-0.2, -0.15) is 5.21 Å². The molecule has 1 heterocycles. The third-order valence-corrected chi connectivity index (χ3v) is 1.65. The topological polar surface area (TPSA) is 56.0 Å². The molecule has 0 radical (unpaired) electrons. The number of anilines is 1. The van der Waals surface area contributed by atoms with Gasteiger partial charge in [0.15, 0.2) is 0 Å². The Balaban J connectivity index is 2.81. The molecule has 1 rings (SSSR count). The lowest BCUT2D eigenvalue weighted by Crippen LogP contribution is -2.38. The zero-order chi connectivity index (χ0) is 9.14. The SMILES string of the molecule is CC(C)N(c1nnn[n-]1)C(C)C. The lowest BCUT2D eigenvalue weighted by molar-refractivity contribution is 0.590. The van der Waals surface area contributed by atoms with E-state index in [9.17, 15) is 0 Å². The standard InChI is InChI=1S/C7H14N5/c1-5(2)12(6(3)4)7-8-10-11-9-7/h5-6H,1-4H3/q-1. The van der Waals surface area contributed by atoms with Crippen LogP contribution >= 0.6 is 0 Å². The summed E-state index contributed by atoms with van der Waals surface area (Å²) in [4.78, 5) is 2.07. The highest BCUT2D eigenvalue weighted by atomic mass is 15.5. The molecule has 0 aliphatic carbocycles. The summed E-state index contributed by atoms with van der Waals surface area (Å²) >= 11 is 0. The maximum atomic E-state index is 3.81. The first-order valence-corrected chi connectivity index (χ1v) is 4.10. The van der Waals surface area contributed by atoms with Crippen molar-refractivity contribution in [2.75, 3.05) is 4.90 Å². The molecule has 12 heavy (non-hydrogen) atoms. The summed E-state index contributed by atoms with van der Waals surface area (Å²) < 4.78 is 0. The lowest BCUT2D eigenvalue weighted by Gasteiger charge is -2.34. The van der Waals surface area contributed by atoms with E-state index in [1.165, 1.54) is 0 Å². The Kier molecular flexibility index (Phi) is 2.62. The first-order valence-electron chi connectivity index (χ1n) is 4.10. The van der Waals surface area contributed by atoms with Crippen LogP contribution in [-0.4, -0.2) is 27.6 Å². The normalized spacial score (nSPS) is 11.2. The van der Waals surface area contributed by atoms with E-state index in [0.717, 1.165) is 0 Å². The van der Waals surface area contributed by atoms with Gasteiger partial charge in [0.1, 0.15) is 0 Å². The smallest absolute Gasteiger partial charge is 0.0984 e. The third kappa shape index (κ3) is 1.72. The molecule has 0 aromatic carbocycles. The van der Waals surface area contributed by atoms with Gasteiger partial charge in [0.25, 0.3) is 0 Å². The van der Waals surface area contributed by atoms with Crippen molar-refractivity contribution in [1.29, 1.82) is 0 Å². The van der Waals surface area contributed by atoms with Crippen molar-refractivity contribution < 1.29 is 0 Å². The summed E-state index contributed by atoms with van der Waals surface area (Å²) in [5.74, 6) is 0.611. The van der Waals surface area contributed by atoms with Crippen LogP contribution in [0.1, 0.15) is 27.7 Å². The minimum absolute atomic E-state index is 0.371. The molecule has 5 heteroatoms. The number of hydrogen-bond donors (Lipinski definition) is 0. The molecule has 0 atom stereocenters. The first kappa shape index (κ1) is 8.96. The van der Waals surface area contributed by atoms with Crippen LogP contribution in [-0.2, 0) is 0 Å². The Morgan fingerprint density at radius 2 is 1.75 bits per heavy atom. The molecule has 1 aromatic heterocycles. The minimum Gasteiger partial charge on any atom is -0.398 e. The van der Waals surface area contributed by atoms with Gasteiger partial charge in [-0.3, -0.25) is 5.10 Å². The van der Waals surface area contributed by atoms with Crippen molar-refractivity contribution in [1.82, 2.24) is 20.6 Å². The van der Waals surface area contributed by atoms with Gasteiger partial charge >= 0.3 is 0 Å². The molecule has 0 aliphatic rings. The molecule has 0 bridgehead atoms. The molecule has 5 nitrogen and oxygen atoms in total. The highest BCUT2D eigenvalue weighted by Gasteiger charge is 2.10. The van der Waals surface area contributed by atoms with Crippen LogP contribution in [0, 0.1) is 0 Å². The van der Waals surface area contributed by atoms with Crippen molar-refractivity contribution >= 4 is 5.95 Å². The largest absolute Gasteiger partial charge is 0.398 e. The summed E-state index contributed by atoms with van der Waals surface area (Å²) in [6.45, 7) is 8.37. The van der Waals surface area contributed by atoms with Crippen LogP contribution in [0.15, 0.2) is 0 Å². The summed E-state index contributed by atoms with van der Waals surface area (Å²) in [7, 11) is 0. The number of nitrogens with zero attached hydrogens (tertiary/aromatic N) is 5. The summed E-state index contributed by atoms with van der Waals surface area (Å²) in [6.07, 6.45) is 0. The predicted octanol–water partition coefficient (Wildman–Crippen LogP) is 0.452. The second-order valence-corrected chi connectivity index (χ2v) is 3.27. The predicted molar refractivity (Wildman–Crippen MR) is 45.9 cm³/mol. The van der Waals surface area contributed by atoms with Crippen molar-refractivity contribution in [2.45, 2.75) is 39.8 Å². The van der Waals surface area contributed by atoms with Gasteiger partial charge in [-0.25, -0.2) is 5.10 Å². The van der Waals surface area contributed by atoms with Crippen LogP contribution in [0.5, 0.6) is 0 Å². The van der Waals surface area contributed by atoms with Crippen molar-refractivity contribution in [3.05, 3.63) is 0 Å². The maximum absolute atomic E-state index is 3.81. The van der Waals surface area contributed by atoms with Gasteiger partial charge in [-0.1, -0.05) is 27.7 Å². The maximum Gasteiger partial charge on any atom is 0.0984 e. The van der Waals surface area contributed by atoms with Gasteiger partial charge in [0, 0.05) is 0 Å². The number of aromatic nitrogens is 4. The average molecular weight is 168 g/mol. The molecule has 0 N–H and O–H groups in total. The quantitative estimate of drug-likeness (QED) is 0.656. The molecular formula is C7H14N5-. The fraction of sp³-hybridized carbons (Fsp3) is 0.857. The van der Waals surface area contributed by atoms with E-state index in [1.54, 1.807) is 0 Å². The lowest BCUT2D eigenvalue weighted by atomic mass is 10.2. The number of rotatable bonds is 3. The van der Waals surface area contributed by atoms with Gasteiger partial charge in [0.05, 0.1) is 5.95 Å². The molecule has 0 saturated carbocycles. The van der Waals surface area contributed by atoms with Crippen molar-refractivity contribution in [3.63, 3.8) is 0 Å². The summed E-state index contributed by atoms with van der Waals surface area (Å²) in [5.41, 5.74) is 0. The van der Waals surface area contributed by atoms with Gasteiger partial charge in [-0.05, 0) is 12.1 Å². The van der Waals surface area contributed by atoms with Crippen LogP contribution in [0.2, 0.25) is 0 Å². The van der Waals surface area contributed by atoms with Gasteiger partial charge in [0.2, 0.25) is 0 Å². The van der Waals surface area contributed by atoms with Crippen LogP contribution in [0.4, 0.5) is 5.95 Å². The Morgan fingerprint density at radius 1 is 1.17 bits per heavy atom. The van der Waals surface area contributed by atoms with E-state index in [-0.39, 0.29) is 0 Å². The molecule has 0 spiro atoms. The van der Waals surface area contributed by atoms with E-state index >= 15 is 0 Å². The third-order valence-electron chi connectivity index (χ3n) is 1.65. The zero-order valence-electron chi connectivity index (χ0n) is 7.89. The van der Waals surface area contributed by atoms with E-state index in [1.807, 2.05) is 0 Å². The monoisotopic (exact) mass is 168 g/mol. The zero-order valence-corrected chi connectivity index (χ0v) is 7.89. The molecule has 0 unspecified atom stereocenters. The molecular weight excluding hydrogens is 154 g/mol. The second-order valence-electron chi connectivity index (χ2n) is 3.27. The molecule has 0 amide bonds. The fourth-order valence-corrected chi connectivity index (χ4v) is 1.30. The fourth-order valence-electron chi connectivity index (χ4n) is 1.30. The Morgan fingerprint density at radius 3 is 2.08 bits per heavy atom. The van der Waals surface area contributed by atoms with E-state index < -0.39 is 0 Å². The highest BCUT2D eigenvalue weighted by molar-refractivity contribution is 5.28. The van der Waals surface area contributed by atoms with E-state index in [4.69, 9.17) is 0 Å².